The number of nitrogens with zero attached hydrogens (tertiary/aromatic N) is 1. The molecule has 1 fully saturated rings. The first-order valence-corrected chi connectivity index (χ1v) is 8.57. The molecule has 0 spiro atoms. The Kier molecular flexibility index (Phi) is 5.34. The molecular formula is C14H22N2O4S. The van der Waals surface area contributed by atoms with Gasteiger partial charge in [-0.3, -0.25) is 0 Å². The monoisotopic (exact) mass is 314 g/mol. The van der Waals surface area contributed by atoms with Crippen molar-refractivity contribution in [1.29, 1.82) is 0 Å². The quantitative estimate of drug-likeness (QED) is 0.801. The smallest absolute Gasteiger partial charge is 0.218 e. The zero-order valence-corrected chi connectivity index (χ0v) is 12.9. The van der Waals surface area contributed by atoms with Crippen molar-refractivity contribution in [2.45, 2.75) is 31.4 Å². The highest BCUT2D eigenvalue weighted by Gasteiger charge is 2.32. The molecule has 1 aliphatic heterocycles. The third kappa shape index (κ3) is 4.24. The van der Waals surface area contributed by atoms with Crippen LogP contribution in [0.4, 0.5) is 0 Å². The number of hydrogen-bond donors (Lipinski definition) is 2. The Morgan fingerprint density at radius 1 is 1.29 bits per heavy atom. The molecule has 1 heterocycles. The van der Waals surface area contributed by atoms with Crippen molar-refractivity contribution in [3.8, 4) is 0 Å². The third-order valence-electron chi connectivity index (χ3n) is 3.50. The lowest BCUT2D eigenvalue weighted by Gasteiger charge is -2.35. The van der Waals surface area contributed by atoms with E-state index in [1.807, 2.05) is 12.1 Å². The zero-order valence-electron chi connectivity index (χ0n) is 12.1. The van der Waals surface area contributed by atoms with Gasteiger partial charge in [-0.2, -0.15) is 4.31 Å². The average molecular weight is 314 g/mol. The van der Waals surface area contributed by atoms with Crippen molar-refractivity contribution in [1.82, 2.24) is 4.31 Å². The van der Waals surface area contributed by atoms with Gasteiger partial charge in [0.25, 0.3) is 0 Å². The van der Waals surface area contributed by atoms with Crippen LogP contribution in [0.1, 0.15) is 18.1 Å². The SMILES string of the molecule is CC1CN(S(=O)(=O)Cc2ccc(CN)cc2)CC(CO)O1. The van der Waals surface area contributed by atoms with Crippen LogP contribution in [0.25, 0.3) is 0 Å². The summed E-state index contributed by atoms with van der Waals surface area (Å²) in [5, 5.41) is 9.18. The van der Waals surface area contributed by atoms with Crippen molar-refractivity contribution in [3.63, 3.8) is 0 Å². The number of rotatable bonds is 5. The molecule has 0 bridgehead atoms. The van der Waals surface area contributed by atoms with Crippen LogP contribution < -0.4 is 5.73 Å². The number of hydrogen-bond acceptors (Lipinski definition) is 5. The molecule has 1 aromatic carbocycles. The first kappa shape index (κ1) is 16.4. The second kappa shape index (κ2) is 6.85. The second-order valence-corrected chi connectivity index (χ2v) is 7.31. The van der Waals surface area contributed by atoms with Gasteiger partial charge in [0.2, 0.25) is 10.0 Å². The topological polar surface area (TPSA) is 92.9 Å². The summed E-state index contributed by atoms with van der Waals surface area (Å²) in [7, 11) is -3.42. The van der Waals surface area contributed by atoms with Crippen LogP contribution in [0, 0.1) is 0 Å². The maximum Gasteiger partial charge on any atom is 0.218 e. The Morgan fingerprint density at radius 3 is 2.48 bits per heavy atom. The van der Waals surface area contributed by atoms with E-state index in [0.717, 1.165) is 11.1 Å². The summed E-state index contributed by atoms with van der Waals surface area (Å²) in [6.07, 6.45) is -0.673. The van der Waals surface area contributed by atoms with Gasteiger partial charge in [0.15, 0.2) is 0 Å². The van der Waals surface area contributed by atoms with Gasteiger partial charge in [-0.05, 0) is 18.1 Å². The van der Waals surface area contributed by atoms with Gasteiger partial charge in [0.1, 0.15) is 0 Å². The Morgan fingerprint density at radius 2 is 1.90 bits per heavy atom. The molecule has 2 atom stereocenters. The average Bonchev–Trinajstić information content (AvgIpc) is 2.47. The molecule has 1 saturated heterocycles. The lowest BCUT2D eigenvalue weighted by atomic mass is 10.1. The minimum atomic E-state index is -3.42. The van der Waals surface area contributed by atoms with Gasteiger partial charge in [-0.1, -0.05) is 24.3 Å². The first-order valence-electron chi connectivity index (χ1n) is 6.96. The minimum absolute atomic E-state index is 0.0529. The fraction of sp³-hybridized carbons (Fsp3) is 0.571. The van der Waals surface area contributed by atoms with E-state index < -0.39 is 16.1 Å². The van der Waals surface area contributed by atoms with E-state index in [2.05, 4.69) is 0 Å². The number of aliphatic hydroxyl groups excluding tert-OH is 1. The molecule has 0 aliphatic carbocycles. The molecule has 1 aliphatic rings. The Hall–Kier alpha value is -0.990. The summed E-state index contributed by atoms with van der Waals surface area (Å²) in [6, 6.07) is 7.24. The number of nitrogens with two attached hydrogens (primary N) is 1. The fourth-order valence-electron chi connectivity index (χ4n) is 2.40. The number of ether oxygens (including phenoxy) is 1. The van der Waals surface area contributed by atoms with E-state index in [9.17, 15) is 13.5 Å². The molecule has 2 unspecified atom stereocenters. The molecule has 7 heteroatoms. The van der Waals surface area contributed by atoms with E-state index in [-0.39, 0.29) is 25.0 Å². The lowest BCUT2D eigenvalue weighted by Crippen LogP contribution is -2.50. The summed E-state index contributed by atoms with van der Waals surface area (Å²) in [4.78, 5) is 0. The number of benzene rings is 1. The summed E-state index contributed by atoms with van der Waals surface area (Å²) >= 11 is 0. The maximum atomic E-state index is 12.5. The molecule has 0 amide bonds. The van der Waals surface area contributed by atoms with Gasteiger partial charge < -0.3 is 15.6 Å². The zero-order chi connectivity index (χ0) is 15.5. The summed E-state index contributed by atoms with van der Waals surface area (Å²) in [5.41, 5.74) is 7.22. The standard InChI is InChI=1S/C14H22N2O4S/c1-11-7-16(8-14(9-17)20-11)21(18,19)10-13-4-2-12(6-15)3-5-13/h2-5,11,14,17H,6-10,15H2,1H3. The van der Waals surface area contributed by atoms with Crippen molar-refractivity contribution in [2.24, 2.45) is 5.73 Å². The van der Waals surface area contributed by atoms with Crippen LogP contribution in [0.5, 0.6) is 0 Å². The molecule has 6 nitrogen and oxygen atoms in total. The van der Waals surface area contributed by atoms with Gasteiger partial charge in [-0.15, -0.1) is 0 Å². The predicted molar refractivity (Wildman–Crippen MR) is 80.0 cm³/mol. The van der Waals surface area contributed by atoms with Crippen molar-refractivity contribution >= 4 is 10.0 Å². The highest BCUT2D eigenvalue weighted by molar-refractivity contribution is 7.88. The predicted octanol–water partition coefficient (Wildman–Crippen LogP) is 0.0567. The van der Waals surface area contributed by atoms with Crippen LogP contribution in [0.3, 0.4) is 0 Å². The maximum absolute atomic E-state index is 12.5. The summed E-state index contributed by atoms with van der Waals surface area (Å²) < 4.78 is 31.8. The molecule has 3 N–H and O–H groups in total. The minimum Gasteiger partial charge on any atom is -0.394 e. The van der Waals surface area contributed by atoms with Crippen LogP contribution in [0.15, 0.2) is 24.3 Å². The highest BCUT2D eigenvalue weighted by Crippen LogP contribution is 2.18. The van der Waals surface area contributed by atoms with Crippen molar-refractivity contribution in [2.75, 3.05) is 19.7 Å². The number of sulfonamides is 1. The third-order valence-corrected chi connectivity index (χ3v) is 5.28. The van der Waals surface area contributed by atoms with Crippen molar-refractivity contribution < 1.29 is 18.3 Å². The van der Waals surface area contributed by atoms with Gasteiger partial charge in [0.05, 0.1) is 24.6 Å². The van der Waals surface area contributed by atoms with E-state index in [1.54, 1.807) is 19.1 Å². The number of morpholine rings is 1. The van der Waals surface area contributed by atoms with E-state index in [4.69, 9.17) is 10.5 Å². The molecule has 118 valence electrons. The fourth-order valence-corrected chi connectivity index (χ4v) is 4.03. The molecule has 0 aromatic heterocycles. The molecule has 0 saturated carbocycles. The normalized spacial score (nSPS) is 24.1. The van der Waals surface area contributed by atoms with Gasteiger partial charge in [-0.25, -0.2) is 8.42 Å². The molecule has 21 heavy (non-hydrogen) atoms. The Bertz CT molecular complexity index is 559. The lowest BCUT2D eigenvalue weighted by molar-refractivity contribution is -0.0750. The van der Waals surface area contributed by atoms with E-state index in [0.29, 0.717) is 13.1 Å². The molecule has 0 radical (unpaired) electrons. The summed E-state index contributed by atoms with van der Waals surface area (Å²) in [6.45, 7) is 2.58. The molecule has 1 aromatic rings. The van der Waals surface area contributed by atoms with Crippen LogP contribution in [-0.2, 0) is 27.1 Å². The van der Waals surface area contributed by atoms with E-state index in [1.165, 1.54) is 4.31 Å². The molecule has 2 rings (SSSR count). The second-order valence-electron chi connectivity index (χ2n) is 5.35. The first-order chi connectivity index (χ1) is 9.94. The van der Waals surface area contributed by atoms with Crippen LogP contribution in [0.2, 0.25) is 0 Å². The molecular weight excluding hydrogens is 292 g/mol. The Labute approximate surface area is 125 Å². The van der Waals surface area contributed by atoms with Crippen molar-refractivity contribution in [3.05, 3.63) is 35.4 Å². The van der Waals surface area contributed by atoms with Crippen LogP contribution >= 0.6 is 0 Å². The Balaban J connectivity index is 2.09. The van der Waals surface area contributed by atoms with Crippen LogP contribution in [-0.4, -0.2) is 49.7 Å². The van der Waals surface area contributed by atoms with E-state index >= 15 is 0 Å². The highest BCUT2D eigenvalue weighted by atomic mass is 32.2. The summed E-state index contributed by atoms with van der Waals surface area (Å²) in [5.74, 6) is -0.0529. The largest absolute Gasteiger partial charge is 0.394 e. The van der Waals surface area contributed by atoms with Gasteiger partial charge in [0, 0.05) is 19.6 Å². The number of aliphatic hydroxyl groups is 1. The van der Waals surface area contributed by atoms with Gasteiger partial charge >= 0.3 is 0 Å².